The smallest absolute Gasteiger partial charge is 0.252 e. The summed E-state index contributed by atoms with van der Waals surface area (Å²) in [5.41, 5.74) is 10.7. The summed E-state index contributed by atoms with van der Waals surface area (Å²) < 4.78 is 1.79. The van der Waals surface area contributed by atoms with Gasteiger partial charge in [-0.25, -0.2) is 4.98 Å². The van der Waals surface area contributed by atoms with E-state index in [9.17, 15) is 9.90 Å². The Kier molecular flexibility index (Phi) is 6.84. The van der Waals surface area contributed by atoms with E-state index in [2.05, 4.69) is 51.4 Å². The second-order valence-corrected chi connectivity index (χ2v) is 8.12. The number of fused-ring (bicyclic) bond motifs is 2. The van der Waals surface area contributed by atoms with Crippen LogP contribution in [0.2, 0.25) is 0 Å². The predicted octanol–water partition coefficient (Wildman–Crippen LogP) is 1.00. The lowest BCUT2D eigenvalue weighted by Crippen LogP contribution is -2.40. The maximum Gasteiger partial charge on any atom is 0.252 e. The Hall–Kier alpha value is -3.20. The molecule has 1 unspecified atom stereocenters. The minimum absolute atomic E-state index is 0.173. The molecular weight excluding hydrogens is 404 g/mol. The second-order valence-electron chi connectivity index (χ2n) is 8.12. The summed E-state index contributed by atoms with van der Waals surface area (Å²) in [5.74, 6) is -0.173. The average molecular weight is 435 g/mol. The standard InChI is InChI=1S/C24H30N6O2/c1-17(22-16-30-14-20(6-7-23(30)28-22)24(32)26-10-9-25)27-12-21(31)15-29-11-8-18-4-2-3-5-19(18)13-29/h2-7,14,16,21,27,31H,1,8-13,15,25H2,(H,26,32). The molecule has 1 aliphatic rings. The van der Waals surface area contributed by atoms with Gasteiger partial charge in [-0.1, -0.05) is 30.8 Å². The fraction of sp³-hybridized carbons (Fsp3) is 0.333. The van der Waals surface area contributed by atoms with Gasteiger partial charge in [0.2, 0.25) is 0 Å². The Morgan fingerprint density at radius 1 is 1.19 bits per heavy atom. The first-order chi connectivity index (χ1) is 15.5. The molecule has 32 heavy (non-hydrogen) atoms. The minimum atomic E-state index is -0.521. The topological polar surface area (TPSA) is 108 Å². The first kappa shape index (κ1) is 22.0. The number of nitrogens with two attached hydrogens (primary N) is 1. The van der Waals surface area contributed by atoms with Crippen LogP contribution in [0.4, 0.5) is 0 Å². The third kappa shape index (κ3) is 5.16. The molecule has 1 amide bonds. The van der Waals surface area contributed by atoms with Crippen molar-refractivity contribution in [2.45, 2.75) is 19.1 Å². The van der Waals surface area contributed by atoms with Gasteiger partial charge in [0, 0.05) is 51.7 Å². The number of imidazole rings is 1. The Balaban J connectivity index is 1.31. The zero-order chi connectivity index (χ0) is 22.5. The Labute approximate surface area is 187 Å². The maximum absolute atomic E-state index is 12.1. The summed E-state index contributed by atoms with van der Waals surface area (Å²) in [5, 5.41) is 16.5. The molecule has 0 saturated carbocycles. The van der Waals surface area contributed by atoms with E-state index >= 15 is 0 Å². The highest BCUT2D eigenvalue weighted by atomic mass is 16.3. The molecule has 1 atom stereocenters. The molecule has 0 aliphatic carbocycles. The molecule has 3 aromatic rings. The number of aromatic nitrogens is 2. The zero-order valence-corrected chi connectivity index (χ0v) is 18.1. The molecule has 2 aromatic heterocycles. The molecule has 5 N–H and O–H groups in total. The predicted molar refractivity (Wildman–Crippen MR) is 125 cm³/mol. The molecule has 0 radical (unpaired) electrons. The van der Waals surface area contributed by atoms with Crippen LogP contribution in [0.25, 0.3) is 11.3 Å². The normalized spacial score (nSPS) is 14.7. The van der Waals surface area contributed by atoms with Gasteiger partial charge in [0.1, 0.15) is 11.3 Å². The number of aliphatic hydroxyl groups excluding tert-OH is 1. The van der Waals surface area contributed by atoms with Crippen LogP contribution in [0, 0.1) is 0 Å². The lowest BCUT2D eigenvalue weighted by molar-refractivity contribution is 0.0954. The highest BCUT2D eigenvalue weighted by molar-refractivity contribution is 5.94. The van der Waals surface area contributed by atoms with E-state index in [0.29, 0.717) is 48.8 Å². The molecule has 3 heterocycles. The molecule has 1 aliphatic heterocycles. The number of carbonyl (C=O) groups excluding carboxylic acids is 1. The molecule has 8 heteroatoms. The summed E-state index contributed by atoms with van der Waals surface area (Å²) in [6.07, 6.45) is 4.04. The van der Waals surface area contributed by atoms with Crippen LogP contribution in [0.3, 0.4) is 0 Å². The third-order valence-electron chi connectivity index (χ3n) is 5.68. The maximum atomic E-state index is 12.1. The zero-order valence-electron chi connectivity index (χ0n) is 18.1. The van der Waals surface area contributed by atoms with Gasteiger partial charge in [0.25, 0.3) is 5.91 Å². The van der Waals surface area contributed by atoms with Crippen LogP contribution < -0.4 is 16.4 Å². The van der Waals surface area contributed by atoms with Gasteiger partial charge in [0.15, 0.2) is 0 Å². The molecule has 0 spiro atoms. The Bertz CT molecular complexity index is 1110. The molecule has 1 aromatic carbocycles. The quantitative estimate of drug-likeness (QED) is 0.400. The molecular formula is C24H30N6O2. The summed E-state index contributed by atoms with van der Waals surface area (Å²) in [4.78, 5) is 19.0. The van der Waals surface area contributed by atoms with Crippen molar-refractivity contribution in [2.75, 3.05) is 32.7 Å². The van der Waals surface area contributed by atoms with E-state index in [1.165, 1.54) is 11.1 Å². The van der Waals surface area contributed by atoms with Crippen molar-refractivity contribution < 1.29 is 9.90 Å². The van der Waals surface area contributed by atoms with Crippen molar-refractivity contribution in [1.82, 2.24) is 24.9 Å². The minimum Gasteiger partial charge on any atom is -0.390 e. The number of aliphatic hydroxyl groups is 1. The monoisotopic (exact) mass is 434 g/mol. The SMILES string of the molecule is C=C(NCC(O)CN1CCc2ccccc2C1)c1cn2cc(C(=O)NCCN)ccc2n1. The first-order valence-electron chi connectivity index (χ1n) is 10.9. The summed E-state index contributed by atoms with van der Waals surface area (Å²) in [6, 6.07) is 12.0. The van der Waals surface area contributed by atoms with E-state index < -0.39 is 6.10 Å². The molecule has 0 saturated heterocycles. The van der Waals surface area contributed by atoms with Crippen LogP contribution >= 0.6 is 0 Å². The summed E-state index contributed by atoms with van der Waals surface area (Å²) >= 11 is 0. The van der Waals surface area contributed by atoms with Crippen LogP contribution in [0.5, 0.6) is 0 Å². The number of nitrogens with zero attached hydrogens (tertiary/aromatic N) is 3. The number of nitrogens with one attached hydrogen (secondary N) is 2. The van der Waals surface area contributed by atoms with Gasteiger partial charge < -0.3 is 25.9 Å². The van der Waals surface area contributed by atoms with E-state index in [-0.39, 0.29) is 5.91 Å². The van der Waals surface area contributed by atoms with E-state index in [4.69, 9.17) is 5.73 Å². The molecule has 0 bridgehead atoms. The highest BCUT2D eigenvalue weighted by Gasteiger charge is 2.18. The van der Waals surface area contributed by atoms with Gasteiger partial charge in [-0.3, -0.25) is 9.69 Å². The fourth-order valence-electron chi connectivity index (χ4n) is 3.96. The van der Waals surface area contributed by atoms with Crippen molar-refractivity contribution in [3.8, 4) is 0 Å². The number of benzene rings is 1. The van der Waals surface area contributed by atoms with Gasteiger partial charge in [-0.2, -0.15) is 0 Å². The van der Waals surface area contributed by atoms with Crippen LogP contribution in [-0.4, -0.2) is 64.1 Å². The van der Waals surface area contributed by atoms with Crippen LogP contribution in [0.1, 0.15) is 27.2 Å². The summed E-state index contributed by atoms with van der Waals surface area (Å²) in [6.45, 7) is 7.68. The van der Waals surface area contributed by atoms with Crippen molar-refractivity contribution in [3.63, 3.8) is 0 Å². The van der Waals surface area contributed by atoms with Crippen molar-refractivity contribution in [2.24, 2.45) is 5.73 Å². The Morgan fingerprint density at radius 3 is 2.81 bits per heavy atom. The highest BCUT2D eigenvalue weighted by Crippen LogP contribution is 2.18. The lowest BCUT2D eigenvalue weighted by atomic mass is 10.00. The Morgan fingerprint density at radius 2 is 2.00 bits per heavy atom. The number of β-amino-alcohol motifs (C(OH)–C–C–N with tert-alkyl or cyclic N) is 1. The van der Waals surface area contributed by atoms with Crippen LogP contribution in [0.15, 0.2) is 55.4 Å². The second kappa shape index (κ2) is 9.95. The van der Waals surface area contributed by atoms with Crippen molar-refractivity contribution in [1.29, 1.82) is 0 Å². The molecule has 4 rings (SSSR count). The van der Waals surface area contributed by atoms with Gasteiger partial charge >= 0.3 is 0 Å². The number of amides is 1. The number of hydrogen-bond acceptors (Lipinski definition) is 6. The van der Waals surface area contributed by atoms with E-state index in [0.717, 1.165) is 19.5 Å². The van der Waals surface area contributed by atoms with Crippen molar-refractivity contribution in [3.05, 3.63) is 77.8 Å². The summed E-state index contributed by atoms with van der Waals surface area (Å²) in [7, 11) is 0. The molecule has 8 nitrogen and oxygen atoms in total. The average Bonchev–Trinajstić information content (AvgIpc) is 3.24. The van der Waals surface area contributed by atoms with Gasteiger partial charge in [-0.05, 0) is 29.7 Å². The number of carbonyl (C=O) groups is 1. The first-order valence-corrected chi connectivity index (χ1v) is 10.9. The van der Waals surface area contributed by atoms with E-state index in [1.54, 1.807) is 22.7 Å². The third-order valence-corrected chi connectivity index (χ3v) is 5.68. The number of rotatable bonds is 9. The number of pyridine rings is 1. The van der Waals surface area contributed by atoms with E-state index in [1.807, 2.05) is 6.20 Å². The molecule has 0 fully saturated rings. The largest absolute Gasteiger partial charge is 0.390 e. The van der Waals surface area contributed by atoms with Crippen molar-refractivity contribution >= 4 is 17.3 Å². The number of hydrogen-bond donors (Lipinski definition) is 4. The lowest BCUT2D eigenvalue weighted by Gasteiger charge is -2.30. The fourth-order valence-corrected chi connectivity index (χ4v) is 3.96. The van der Waals surface area contributed by atoms with Gasteiger partial charge in [0.05, 0.1) is 17.4 Å². The van der Waals surface area contributed by atoms with Crippen LogP contribution in [-0.2, 0) is 13.0 Å². The van der Waals surface area contributed by atoms with Gasteiger partial charge in [-0.15, -0.1) is 0 Å². The molecule has 168 valence electrons.